The van der Waals surface area contributed by atoms with Crippen LogP contribution in [0, 0.1) is 0 Å². The van der Waals surface area contributed by atoms with E-state index in [2.05, 4.69) is 15.5 Å². The van der Waals surface area contributed by atoms with Crippen LogP contribution in [0.2, 0.25) is 0 Å². The van der Waals surface area contributed by atoms with E-state index in [1.165, 1.54) is 0 Å². The molecule has 1 atom stereocenters. The van der Waals surface area contributed by atoms with Crippen LogP contribution >= 0.6 is 0 Å². The van der Waals surface area contributed by atoms with Crippen LogP contribution in [0.25, 0.3) is 11.5 Å². The molecule has 3 amide bonds. The van der Waals surface area contributed by atoms with Gasteiger partial charge in [0.2, 0.25) is 18.6 Å². The molecule has 10 nitrogen and oxygen atoms in total. The number of amides is 3. The summed E-state index contributed by atoms with van der Waals surface area (Å²) in [5, 5.41) is 10.7. The average Bonchev–Trinajstić information content (AvgIpc) is 3.49. The summed E-state index contributed by atoms with van der Waals surface area (Å²) in [6.07, 6.45) is 0. The van der Waals surface area contributed by atoms with Crippen molar-refractivity contribution in [3.05, 3.63) is 53.9 Å². The molecule has 0 spiro atoms. The number of urea groups is 1. The van der Waals surface area contributed by atoms with Gasteiger partial charge in [0.15, 0.2) is 11.5 Å². The van der Waals surface area contributed by atoms with Crippen LogP contribution in [-0.4, -0.2) is 40.9 Å². The maximum Gasteiger partial charge on any atom is 0.325 e. The average molecular weight is 422 g/mol. The molecular formula is C21H18N4O6. The molecule has 2 aliphatic rings. The fourth-order valence-electron chi connectivity index (χ4n) is 3.55. The lowest BCUT2D eigenvalue weighted by molar-refractivity contribution is -0.131. The zero-order chi connectivity index (χ0) is 21.6. The second-order valence-electron chi connectivity index (χ2n) is 7.24. The summed E-state index contributed by atoms with van der Waals surface area (Å²) in [6, 6.07) is 11.7. The second-order valence-corrected chi connectivity index (χ2v) is 7.24. The molecule has 3 aromatic rings. The molecule has 0 unspecified atom stereocenters. The van der Waals surface area contributed by atoms with Gasteiger partial charge >= 0.3 is 6.03 Å². The Bertz CT molecular complexity index is 1170. The largest absolute Gasteiger partial charge is 0.497 e. The van der Waals surface area contributed by atoms with Gasteiger partial charge in [-0.1, -0.05) is 6.07 Å². The number of methoxy groups -OCH3 is 1. The molecule has 1 saturated heterocycles. The topological polar surface area (TPSA) is 116 Å². The van der Waals surface area contributed by atoms with Crippen molar-refractivity contribution in [2.24, 2.45) is 0 Å². The Kier molecular flexibility index (Phi) is 4.28. The van der Waals surface area contributed by atoms with E-state index in [0.717, 1.165) is 4.90 Å². The van der Waals surface area contributed by atoms with Gasteiger partial charge in [-0.25, -0.2) is 4.79 Å². The number of nitrogens with one attached hydrogen (secondary N) is 1. The predicted molar refractivity (Wildman–Crippen MR) is 105 cm³/mol. The Hall–Kier alpha value is -4.08. The number of carbonyl (C=O) groups excluding carboxylic acids is 2. The summed E-state index contributed by atoms with van der Waals surface area (Å²) >= 11 is 0. The summed E-state index contributed by atoms with van der Waals surface area (Å²) in [6.45, 7) is 1.62. The van der Waals surface area contributed by atoms with Crippen molar-refractivity contribution in [2.75, 3.05) is 13.9 Å². The highest BCUT2D eigenvalue weighted by atomic mass is 16.7. The molecule has 2 aliphatic heterocycles. The van der Waals surface area contributed by atoms with Crippen LogP contribution in [0.15, 0.2) is 46.9 Å². The van der Waals surface area contributed by atoms with Crippen LogP contribution in [0.5, 0.6) is 17.2 Å². The van der Waals surface area contributed by atoms with Crippen molar-refractivity contribution in [2.45, 2.75) is 19.0 Å². The maximum absolute atomic E-state index is 13.2. The number of aromatic nitrogens is 2. The van der Waals surface area contributed by atoms with E-state index in [-0.39, 0.29) is 25.1 Å². The first-order valence-corrected chi connectivity index (χ1v) is 9.49. The maximum atomic E-state index is 13.2. The predicted octanol–water partition coefficient (Wildman–Crippen LogP) is 2.44. The van der Waals surface area contributed by atoms with E-state index in [4.69, 9.17) is 18.6 Å². The molecule has 0 aliphatic carbocycles. The molecule has 31 heavy (non-hydrogen) atoms. The minimum atomic E-state index is -1.25. The van der Waals surface area contributed by atoms with E-state index in [9.17, 15) is 9.59 Å². The van der Waals surface area contributed by atoms with E-state index in [0.29, 0.717) is 28.4 Å². The normalized spacial score (nSPS) is 19.6. The zero-order valence-corrected chi connectivity index (χ0v) is 16.7. The Balaban J connectivity index is 1.36. The van der Waals surface area contributed by atoms with Crippen molar-refractivity contribution in [1.82, 2.24) is 20.4 Å². The van der Waals surface area contributed by atoms with Gasteiger partial charge in [0.1, 0.15) is 17.8 Å². The lowest BCUT2D eigenvalue weighted by atomic mass is 9.91. The monoisotopic (exact) mass is 422 g/mol. The number of carbonyl (C=O) groups is 2. The van der Waals surface area contributed by atoms with Crippen molar-refractivity contribution >= 4 is 11.9 Å². The number of hydrogen-bond donors (Lipinski definition) is 1. The molecule has 0 bridgehead atoms. The van der Waals surface area contributed by atoms with Crippen LogP contribution < -0.4 is 19.5 Å². The number of benzene rings is 2. The Morgan fingerprint density at radius 1 is 1.10 bits per heavy atom. The van der Waals surface area contributed by atoms with E-state index < -0.39 is 17.5 Å². The number of nitrogens with zero attached hydrogens (tertiary/aromatic N) is 3. The Labute approximate surface area is 176 Å². The molecule has 1 N–H and O–H groups in total. The van der Waals surface area contributed by atoms with Crippen LogP contribution in [0.3, 0.4) is 0 Å². The lowest BCUT2D eigenvalue weighted by Gasteiger charge is -2.22. The summed E-state index contributed by atoms with van der Waals surface area (Å²) in [5.74, 6) is 1.82. The van der Waals surface area contributed by atoms with Crippen molar-refractivity contribution in [1.29, 1.82) is 0 Å². The third kappa shape index (κ3) is 3.12. The van der Waals surface area contributed by atoms with Gasteiger partial charge in [-0.15, -0.1) is 10.2 Å². The highest BCUT2D eigenvalue weighted by Gasteiger charge is 2.49. The Morgan fingerprint density at radius 2 is 1.87 bits per heavy atom. The molecule has 0 radical (unpaired) electrons. The number of imide groups is 1. The summed E-state index contributed by atoms with van der Waals surface area (Å²) < 4.78 is 21.5. The minimum Gasteiger partial charge on any atom is -0.497 e. The lowest BCUT2D eigenvalue weighted by Crippen LogP contribution is -2.40. The highest BCUT2D eigenvalue weighted by Crippen LogP contribution is 2.38. The zero-order valence-electron chi connectivity index (χ0n) is 16.7. The van der Waals surface area contributed by atoms with E-state index in [1.54, 1.807) is 56.5 Å². The third-order valence-electron chi connectivity index (χ3n) is 5.32. The molecule has 10 heteroatoms. The molecule has 158 valence electrons. The SMILES string of the molecule is COc1ccc(-c2nnc(CN3C(=O)N[C@](C)(c4ccc5c(c4)OCO5)C3=O)o2)cc1. The number of fused-ring (bicyclic) bond motifs is 1. The molecule has 1 fully saturated rings. The third-order valence-corrected chi connectivity index (χ3v) is 5.32. The van der Waals surface area contributed by atoms with Gasteiger partial charge in [-0.2, -0.15) is 0 Å². The molecule has 2 aromatic carbocycles. The molecule has 5 rings (SSSR count). The Morgan fingerprint density at radius 3 is 2.65 bits per heavy atom. The van der Waals surface area contributed by atoms with Crippen LogP contribution in [-0.2, 0) is 16.9 Å². The van der Waals surface area contributed by atoms with Crippen LogP contribution in [0.4, 0.5) is 4.79 Å². The van der Waals surface area contributed by atoms with Gasteiger partial charge in [-0.05, 0) is 48.9 Å². The number of rotatable bonds is 5. The van der Waals surface area contributed by atoms with Crippen molar-refractivity contribution in [3.63, 3.8) is 0 Å². The van der Waals surface area contributed by atoms with Crippen molar-refractivity contribution in [3.8, 4) is 28.7 Å². The van der Waals surface area contributed by atoms with Gasteiger partial charge < -0.3 is 23.9 Å². The minimum absolute atomic E-state index is 0.121. The van der Waals surface area contributed by atoms with Crippen LogP contribution in [0.1, 0.15) is 18.4 Å². The quantitative estimate of drug-likeness (QED) is 0.624. The molecule has 3 heterocycles. The first-order chi connectivity index (χ1) is 15.0. The molecular weight excluding hydrogens is 404 g/mol. The standard InChI is InChI=1S/C21H18N4O6/c1-21(13-5-8-15-16(9-13)30-11-29-15)19(26)25(20(27)22-21)10-17-23-24-18(31-17)12-3-6-14(28-2)7-4-12/h3-9H,10-11H2,1-2H3,(H,22,27)/t21-/m1/s1. The first kappa shape index (κ1) is 18.9. The smallest absolute Gasteiger partial charge is 0.325 e. The summed E-state index contributed by atoms with van der Waals surface area (Å²) in [4.78, 5) is 26.8. The van der Waals surface area contributed by atoms with Gasteiger partial charge in [0.25, 0.3) is 5.91 Å². The summed E-state index contributed by atoms with van der Waals surface area (Å²) in [7, 11) is 1.58. The fraction of sp³-hybridized carbons (Fsp3) is 0.238. The van der Waals surface area contributed by atoms with Crippen molar-refractivity contribution < 1.29 is 28.2 Å². The fourth-order valence-corrected chi connectivity index (χ4v) is 3.55. The number of hydrogen-bond acceptors (Lipinski definition) is 8. The highest BCUT2D eigenvalue weighted by molar-refractivity contribution is 6.07. The molecule has 1 aromatic heterocycles. The van der Waals surface area contributed by atoms with E-state index in [1.807, 2.05) is 0 Å². The molecule has 0 saturated carbocycles. The van der Waals surface area contributed by atoms with Gasteiger partial charge in [0, 0.05) is 5.56 Å². The first-order valence-electron chi connectivity index (χ1n) is 9.49. The van der Waals surface area contributed by atoms with Gasteiger partial charge in [-0.3, -0.25) is 9.69 Å². The van der Waals surface area contributed by atoms with Gasteiger partial charge in [0.05, 0.1) is 7.11 Å². The summed E-state index contributed by atoms with van der Waals surface area (Å²) in [5.41, 5.74) is 0.0284. The number of ether oxygens (including phenoxy) is 3. The second kappa shape index (κ2) is 7.01. The van der Waals surface area contributed by atoms with E-state index >= 15 is 0 Å².